The van der Waals surface area contributed by atoms with Crippen LogP contribution >= 0.6 is 0 Å². The molecule has 4 aliphatic rings. The summed E-state index contributed by atoms with van der Waals surface area (Å²) in [6.45, 7) is 10.6. The lowest BCUT2D eigenvalue weighted by atomic mass is 9.84. The second-order valence-corrected chi connectivity index (χ2v) is 11.8. The molecule has 0 aliphatic carbocycles. The van der Waals surface area contributed by atoms with E-state index in [2.05, 4.69) is 9.80 Å². The summed E-state index contributed by atoms with van der Waals surface area (Å²) < 4.78 is 17.4. The highest BCUT2D eigenvalue weighted by atomic mass is 16.6. The van der Waals surface area contributed by atoms with Crippen LogP contribution in [0.2, 0.25) is 0 Å². The van der Waals surface area contributed by atoms with Gasteiger partial charge in [-0.05, 0) is 84.5 Å². The second-order valence-electron chi connectivity index (χ2n) is 11.8. The lowest BCUT2D eigenvalue weighted by Gasteiger charge is -2.52. The molecule has 1 spiro atoms. The van der Waals surface area contributed by atoms with Gasteiger partial charge in [-0.1, -0.05) is 18.2 Å². The first-order valence-corrected chi connectivity index (χ1v) is 13.6. The van der Waals surface area contributed by atoms with E-state index in [4.69, 9.17) is 14.2 Å². The molecular formula is C28H41N3O5. The zero-order chi connectivity index (χ0) is 25.3. The molecule has 2 amide bonds. The highest BCUT2D eigenvalue weighted by Crippen LogP contribution is 2.42. The summed E-state index contributed by atoms with van der Waals surface area (Å²) in [4.78, 5) is 34.2. The fourth-order valence-electron chi connectivity index (χ4n) is 6.41. The molecule has 1 aromatic rings. The Balaban J connectivity index is 1.49. The lowest BCUT2D eigenvalue weighted by Crippen LogP contribution is -2.67. The maximum Gasteiger partial charge on any atom is 0.421 e. The van der Waals surface area contributed by atoms with Crippen molar-refractivity contribution < 1.29 is 23.8 Å². The van der Waals surface area contributed by atoms with Gasteiger partial charge in [0, 0.05) is 18.7 Å². The number of nitrogens with zero attached hydrogens (tertiary/aromatic N) is 3. The van der Waals surface area contributed by atoms with Gasteiger partial charge < -0.3 is 14.2 Å². The molecule has 4 fully saturated rings. The normalized spacial score (nSPS) is 28.7. The van der Waals surface area contributed by atoms with Crippen LogP contribution < -0.4 is 4.90 Å². The molecule has 8 nitrogen and oxygen atoms in total. The molecule has 4 saturated heterocycles. The van der Waals surface area contributed by atoms with Crippen LogP contribution in [0.1, 0.15) is 59.3 Å². The van der Waals surface area contributed by atoms with E-state index < -0.39 is 17.7 Å². The van der Waals surface area contributed by atoms with E-state index in [9.17, 15) is 9.59 Å². The summed E-state index contributed by atoms with van der Waals surface area (Å²) in [5.41, 5.74) is -0.270. The van der Waals surface area contributed by atoms with E-state index in [1.807, 2.05) is 39.0 Å². The number of likely N-dealkylation sites (tertiary alicyclic amines) is 2. The average molecular weight is 500 g/mol. The van der Waals surface area contributed by atoms with Crippen LogP contribution in [0.25, 0.3) is 0 Å². The highest BCUT2D eigenvalue weighted by Gasteiger charge is 2.53. The quantitative estimate of drug-likeness (QED) is 0.610. The topological polar surface area (TPSA) is 71.6 Å². The van der Waals surface area contributed by atoms with Crippen LogP contribution in [0.3, 0.4) is 0 Å². The molecule has 5 rings (SSSR count). The maximum absolute atomic E-state index is 14.5. The highest BCUT2D eigenvalue weighted by molar-refractivity contribution is 6.14. The second kappa shape index (κ2) is 10.4. The van der Waals surface area contributed by atoms with Crippen molar-refractivity contribution in [2.75, 3.05) is 44.4 Å². The minimum absolute atomic E-state index is 0.0869. The predicted octanol–water partition coefficient (Wildman–Crippen LogP) is 3.83. The van der Waals surface area contributed by atoms with Crippen molar-refractivity contribution >= 4 is 17.7 Å². The Morgan fingerprint density at radius 1 is 1.08 bits per heavy atom. The molecule has 8 heteroatoms. The van der Waals surface area contributed by atoms with Gasteiger partial charge in [-0.25, -0.2) is 9.69 Å². The fourth-order valence-corrected chi connectivity index (χ4v) is 6.41. The largest absolute Gasteiger partial charge is 0.443 e. The first-order chi connectivity index (χ1) is 17.3. The third-order valence-electron chi connectivity index (χ3n) is 8.09. The molecule has 0 aromatic heterocycles. The first-order valence-electron chi connectivity index (χ1n) is 13.6. The van der Waals surface area contributed by atoms with Gasteiger partial charge >= 0.3 is 6.09 Å². The standard InChI is InChI=1S/C28H41N3O5/c1-27(2,3)36-26(33)31(21-10-5-4-6-11-21)25(32)24(23-12-7-17-35-23)30-16-9-14-28(30)13-8-15-29(20-28)22-18-34-19-22/h4-6,10-11,22-24H,7-9,12-20H2,1-3H3/t23-,24?,28-/m0/s1. The van der Waals surface area contributed by atoms with Crippen molar-refractivity contribution in [1.29, 1.82) is 0 Å². The van der Waals surface area contributed by atoms with Crippen molar-refractivity contribution in [2.45, 2.75) is 88.6 Å². The van der Waals surface area contributed by atoms with E-state index in [1.54, 1.807) is 12.1 Å². The predicted molar refractivity (Wildman–Crippen MR) is 137 cm³/mol. The van der Waals surface area contributed by atoms with Gasteiger partial charge in [-0.3, -0.25) is 14.6 Å². The van der Waals surface area contributed by atoms with Crippen LogP contribution in [0.15, 0.2) is 30.3 Å². The van der Waals surface area contributed by atoms with E-state index in [0.717, 1.165) is 71.4 Å². The maximum atomic E-state index is 14.5. The minimum Gasteiger partial charge on any atom is -0.443 e. The smallest absolute Gasteiger partial charge is 0.421 e. The summed E-state index contributed by atoms with van der Waals surface area (Å²) in [6.07, 6.45) is 5.16. The van der Waals surface area contributed by atoms with Gasteiger partial charge in [-0.15, -0.1) is 0 Å². The van der Waals surface area contributed by atoms with Crippen LogP contribution in [0.5, 0.6) is 0 Å². The number of carbonyl (C=O) groups excluding carboxylic acids is 2. The van der Waals surface area contributed by atoms with E-state index in [1.165, 1.54) is 4.90 Å². The molecule has 36 heavy (non-hydrogen) atoms. The number of imide groups is 1. The lowest BCUT2D eigenvalue weighted by molar-refractivity contribution is -0.136. The van der Waals surface area contributed by atoms with Gasteiger partial charge in [0.05, 0.1) is 31.0 Å². The number of benzene rings is 1. The van der Waals surface area contributed by atoms with E-state index in [0.29, 0.717) is 18.3 Å². The minimum atomic E-state index is -0.715. The number of rotatable bonds is 5. The fraction of sp³-hybridized carbons (Fsp3) is 0.714. The van der Waals surface area contributed by atoms with Crippen molar-refractivity contribution in [3.05, 3.63) is 30.3 Å². The molecule has 4 heterocycles. The van der Waals surface area contributed by atoms with Crippen LogP contribution in [-0.4, -0.2) is 90.6 Å². The van der Waals surface area contributed by atoms with E-state index >= 15 is 0 Å². The van der Waals surface area contributed by atoms with Gasteiger partial charge in [0.25, 0.3) is 5.91 Å². The number of hydrogen-bond acceptors (Lipinski definition) is 7. The van der Waals surface area contributed by atoms with Crippen molar-refractivity contribution in [3.8, 4) is 0 Å². The summed E-state index contributed by atoms with van der Waals surface area (Å²) in [6, 6.07) is 9.12. The SMILES string of the molecule is CC(C)(C)OC(=O)N(C(=O)C([C@@H]1CCCO1)N1CCC[C@]12CCCN(C1COC1)C2)c1ccccc1. The molecule has 1 aromatic carbocycles. The number of para-hydroxylation sites is 1. The monoisotopic (exact) mass is 499 g/mol. The van der Waals surface area contributed by atoms with Crippen molar-refractivity contribution in [2.24, 2.45) is 0 Å². The van der Waals surface area contributed by atoms with Crippen LogP contribution in [0.4, 0.5) is 10.5 Å². The summed E-state index contributed by atoms with van der Waals surface area (Å²) >= 11 is 0. The number of carbonyl (C=O) groups is 2. The Morgan fingerprint density at radius 2 is 1.81 bits per heavy atom. The molecule has 198 valence electrons. The zero-order valence-electron chi connectivity index (χ0n) is 22.0. The van der Waals surface area contributed by atoms with Crippen LogP contribution in [0, 0.1) is 0 Å². The molecule has 0 saturated carbocycles. The molecule has 0 bridgehead atoms. The van der Waals surface area contributed by atoms with Crippen molar-refractivity contribution in [3.63, 3.8) is 0 Å². The summed E-state index contributed by atoms with van der Waals surface area (Å²) in [5.74, 6) is -0.243. The third-order valence-corrected chi connectivity index (χ3v) is 8.09. The summed E-state index contributed by atoms with van der Waals surface area (Å²) in [7, 11) is 0. The number of ether oxygens (including phenoxy) is 3. The number of hydrogen-bond donors (Lipinski definition) is 0. The Labute approximate surface area is 214 Å². The summed E-state index contributed by atoms with van der Waals surface area (Å²) in [5, 5.41) is 0. The van der Waals surface area contributed by atoms with E-state index in [-0.39, 0.29) is 17.6 Å². The zero-order valence-corrected chi connectivity index (χ0v) is 22.0. The molecule has 3 atom stereocenters. The number of piperidine rings is 1. The Bertz CT molecular complexity index is 925. The van der Waals surface area contributed by atoms with Gasteiger partial charge in [0.2, 0.25) is 0 Å². The Kier molecular flexibility index (Phi) is 7.41. The van der Waals surface area contributed by atoms with Crippen molar-refractivity contribution in [1.82, 2.24) is 9.80 Å². The third kappa shape index (κ3) is 5.19. The van der Waals surface area contributed by atoms with Gasteiger partial charge in [0.1, 0.15) is 11.6 Å². The van der Waals surface area contributed by atoms with Gasteiger partial charge in [-0.2, -0.15) is 0 Å². The molecule has 1 unspecified atom stereocenters. The Morgan fingerprint density at radius 3 is 2.42 bits per heavy atom. The molecule has 0 radical (unpaired) electrons. The Hall–Kier alpha value is -2.00. The van der Waals surface area contributed by atoms with Gasteiger partial charge in [0.15, 0.2) is 0 Å². The first kappa shape index (κ1) is 25.6. The molecular weight excluding hydrogens is 458 g/mol. The molecule has 0 N–H and O–H groups in total. The number of anilines is 1. The van der Waals surface area contributed by atoms with Crippen LogP contribution in [-0.2, 0) is 19.0 Å². The number of amides is 2. The average Bonchev–Trinajstić information content (AvgIpc) is 3.44. The molecule has 4 aliphatic heterocycles.